The van der Waals surface area contributed by atoms with E-state index in [-0.39, 0.29) is 30.7 Å². The van der Waals surface area contributed by atoms with E-state index in [1.165, 1.54) is 18.7 Å². The SMILES string of the molecule is CC(=O)Nc1ccc(NC(=O)CNC(=O)CCSc2ccccc2Cl)cc1. The maximum absolute atomic E-state index is 11.9. The summed E-state index contributed by atoms with van der Waals surface area (Å²) in [5, 5.41) is 8.57. The molecule has 0 heterocycles. The van der Waals surface area contributed by atoms with Crippen molar-refractivity contribution in [2.75, 3.05) is 22.9 Å². The van der Waals surface area contributed by atoms with Crippen LogP contribution in [0.4, 0.5) is 11.4 Å². The van der Waals surface area contributed by atoms with E-state index in [2.05, 4.69) is 16.0 Å². The minimum absolute atomic E-state index is 0.108. The van der Waals surface area contributed by atoms with E-state index in [4.69, 9.17) is 11.6 Å². The second kappa shape index (κ2) is 10.6. The van der Waals surface area contributed by atoms with Gasteiger partial charge in [-0.2, -0.15) is 0 Å². The molecule has 2 aromatic carbocycles. The molecule has 0 aromatic heterocycles. The number of halogens is 1. The zero-order valence-corrected chi connectivity index (χ0v) is 16.3. The van der Waals surface area contributed by atoms with Crippen molar-refractivity contribution in [3.05, 3.63) is 53.6 Å². The van der Waals surface area contributed by atoms with E-state index >= 15 is 0 Å². The number of hydrogen-bond acceptors (Lipinski definition) is 4. The van der Waals surface area contributed by atoms with Gasteiger partial charge in [-0.05, 0) is 36.4 Å². The summed E-state index contributed by atoms with van der Waals surface area (Å²) in [4.78, 5) is 35.6. The van der Waals surface area contributed by atoms with E-state index in [9.17, 15) is 14.4 Å². The van der Waals surface area contributed by atoms with Crippen LogP contribution in [0.2, 0.25) is 5.02 Å². The molecule has 142 valence electrons. The van der Waals surface area contributed by atoms with Gasteiger partial charge in [-0.3, -0.25) is 14.4 Å². The Kier molecular flexibility index (Phi) is 8.16. The third-order valence-corrected chi connectivity index (χ3v) is 4.88. The largest absolute Gasteiger partial charge is 0.347 e. The van der Waals surface area contributed by atoms with Crippen LogP contribution in [0.1, 0.15) is 13.3 Å². The number of anilines is 2. The molecule has 8 heteroatoms. The van der Waals surface area contributed by atoms with Crippen molar-refractivity contribution in [3.8, 4) is 0 Å². The lowest BCUT2D eigenvalue weighted by atomic mass is 10.2. The smallest absolute Gasteiger partial charge is 0.243 e. The lowest BCUT2D eigenvalue weighted by Gasteiger charge is -2.08. The number of amides is 3. The van der Waals surface area contributed by atoms with Crippen LogP contribution in [0.25, 0.3) is 0 Å². The van der Waals surface area contributed by atoms with Crippen molar-refractivity contribution in [2.45, 2.75) is 18.2 Å². The molecule has 0 unspecified atom stereocenters. The Morgan fingerprint density at radius 1 is 0.926 bits per heavy atom. The fourth-order valence-corrected chi connectivity index (χ4v) is 3.32. The molecular formula is C19H20ClN3O3S. The van der Waals surface area contributed by atoms with Gasteiger partial charge in [-0.1, -0.05) is 23.7 Å². The third kappa shape index (κ3) is 7.72. The van der Waals surface area contributed by atoms with Gasteiger partial charge in [-0.25, -0.2) is 0 Å². The van der Waals surface area contributed by atoms with Crippen LogP contribution in [0, 0.1) is 0 Å². The summed E-state index contributed by atoms with van der Waals surface area (Å²) >= 11 is 7.55. The van der Waals surface area contributed by atoms with Crippen molar-refractivity contribution >= 4 is 52.5 Å². The summed E-state index contributed by atoms with van der Waals surface area (Å²) < 4.78 is 0. The lowest BCUT2D eigenvalue weighted by Crippen LogP contribution is -2.33. The Labute approximate surface area is 167 Å². The maximum atomic E-state index is 11.9. The molecule has 2 rings (SSSR count). The molecular weight excluding hydrogens is 386 g/mol. The summed E-state index contributed by atoms with van der Waals surface area (Å²) in [5.41, 5.74) is 1.22. The van der Waals surface area contributed by atoms with E-state index in [1.54, 1.807) is 30.3 Å². The minimum atomic E-state index is -0.325. The van der Waals surface area contributed by atoms with Gasteiger partial charge in [0.05, 0.1) is 11.6 Å². The first kappa shape index (κ1) is 20.8. The van der Waals surface area contributed by atoms with Gasteiger partial charge in [-0.15, -0.1) is 11.8 Å². The minimum Gasteiger partial charge on any atom is -0.347 e. The zero-order valence-electron chi connectivity index (χ0n) is 14.8. The van der Waals surface area contributed by atoms with Crippen LogP contribution >= 0.6 is 23.4 Å². The number of carbonyl (C=O) groups excluding carboxylic acids is 3. The maximum Gasteiger partial charge on any atom is 0.243 e. The number of hydrogen-bond donors (Lipinski definition) is 3. The predicted molar refractivity (Wildman–Crippen MR) is 109 cm³/mol. The van der Waals surface area contributed by atoms with Gasteiger partial charge in [0.25, 0.3) is 0 Å². The van der Waals surface area contributed by atoms with Crippen molar-refractivity contribution < 1.29 is 14.4 Å². The molecule has 27 heavy (non-hydrogen) atoms. The van der Waals surface area contributed by atoms with E-state index in [1.807, 2.05) is 18.2 Å². The highest BCUT2D eigenvalue weighted by molar-refractivity contribution is 7.99. The summed E-state index contributed by atoms with van der Waals surface area (Å²) in [6.45, 7) is 1.31. The Hall–Kier alpha value is -2.51. The first-order valence-corrected chi connectivity index (χ1v) is 9.62. The predicted octanol–water partition coefficient (Wildman–Crippen LogP) is 3.54. The molecule has 0 spiro atoms. The molecule has 0 aliphatic carbocycles. The molecule has 0 aliphatic rings. The Morgan fingerprint density at radius 2 is 1.56 bits per heavy atom. The average Bonchev–Trinajstić information content (AvgIpc) is 2.63. The second-order valence-electron chi connectivity index (χ2n) is 5.61. The molecule has 0 saturated carbocycles. The van der Waals surface area contributed by atoms with Crippen molar-refractivity contribution in [3.63, 3.8) is 0 Å². The van der Waals surface area contributed by atoms with Crippen LogP contribution < -0.4 is 16.0 Å². The highest BCUT2D eigenvalue weighted by Gasteiger charge is 2.07. The normalized spacial score (nSPS) is 10.1. The van der Waals surface area contributed by atoms with E-state index < -0.39 is 0 Å². The van der Waals surface area contributed by atoms with E-state index in [0.29, 0.717) is 22.2 Å². The molecule has 0 fully saturated rings. The van der Waals surface area contributed by atoms with Crippen LogP contribution in [-0.4, -0.2) is 30.0 Å². The Morgan fingerprint density at radius 3 is 2.19 bits per heavy atom. The lowest BCUT2D eigenvalue weighted by molar-refractivity contribution is -0.123. The van der Waals surface area contributed by atoms with Crippen molar-refractivity contribution in [2.24, 2.45) is 0 Å². The highest BCUT2D eigenvalue weighted by Crippen LogP contribution is 2.26. The Bertz CT molecular complexity index is 812. The highest BCUT2D eigenvalue weighted by atomic mass is 35.5. The number of benzene rings is 2. The first-order valence-electron chi connectivity index (χ1n) is 8.25. The fraction of sp³-hybridized carbons (Fsp3) is 0.211. The van der Waals surface area contributed by atoms with Gasteiger partial charge < -0.3 is 16.0 Å². The van der Waals surface area contributed by atoms with Crippen LogP contribution in [0.5, 0.6) is 0 Å². The molecule has 0 aliphatic heterocycles. The molecule has 0 bridgehead atoms. The Balaban J connectivity index is 1.68. The number of nitrogens with one attached hydrogen (secondary N) is 3. The molecule has 6 nitrogen and oxygen atoms in total. The van der Waals surface area contributed by atoms with Gasteiger partial charge in [0.1, 0.15) is 0 Å². The van der Waals surface area contributed by atoms with Crippen LogP contribution in [0.15, 0.2) is 53.4 Å². The first-order chi connectivity index (χ1) is 12.9. The fourth-order valence-electron chi connectivity index (χ4n) is 2.13. The summed E-state index contributed by atoms with van der Waals surface area (Å²) in [7, 11) is 0. The number of rotatable bonds is 8. The zero-order chi connectivity index (χ0) is 19.6. The summed E-state index contributed by atoms with van der Waals surface area (Å²) in [6, 6.07) is 14.2. The molecule has 0 atom stereocenters. The number of carbonyl (C=O) groups is 3. The van der Waals surface area contributed by atoms with Crippen molar-refractivity contribution in [1.29, 1.82) is 0 Å². The number of thioether (sulfide) groups is 1. The summed E-state index contributed by atoms with van der Waals surface area (Å²) in [5.74, 6) is -0.121. The molecule has 2 aromatic rings. The quantitative estimate of drug-likeness (QED) is 0.586. The van der Waals surface area contributed by atoms with Gasteiger partial charge in [0.2, 0.25) is 17.7 Å². The molecule has 3 N–H and O–H groups in total. The topological polar surface area (TPSA) is 87.3 Å². The van der Waals surface area contributed by atoms with E-state index in [0.717, 1.165) is 4.90 Å². The average molecular weight is 406 g/mol. The monoisotopic (exact) mass is 405 g/mol. The van der Waals surface area contributed by atoms with Gasteiger partial charge in [0.15, 0.2) is 0 Å². The standard InChI is InChI=1S/C19H20ClN3O3S/c1-13(24)22-14-6-8-15(9-7-14)23-19(26)12-21-18(25)10-11-27-17-5-3-2-4-16(17)20/h2-9H,10-12H2,1H3,(H,21,25)(H,22,24)(H,23,26). The molecule has 0 radical (unpaired) electrons. The summed E-state index contributed by atoms with van der Waals surface area (Å²) in [6.07, 6.45) is 0.286. The van der Waals surface area contributed by atoms with Gasteiger partial charge >= 0.3 is 0 Å². The van der Waals surface area contributed by atoms with Crippen LogP contribution in [0.3, 0.4) is 0 Å². The molecule has 0 saturated heterocycles. The van der Waals surface area contributed by atoms with Crippen molar-refractivity contribution in [1.82, 2.24) is 5.32 Å². The second-order valence-corrected chi connectivity index (χ2v) is 7.16. The van der Waals surface area contributed by atoms with Crippen LogP contribution in [-0.2, 0) is 14.4 Å². The third-order valence-electron chi connectivity index (χ3n) is 3.36. The van der Waals surface area contributed by atoms with Gasteiger partial charge in [0, 0.05) is 35.4 Å². The molecule has 3 amide bonds.